The van der Waals surface area contributed by atoms with Gasteiger partial charge < -0.3 is 10.1 Å². The van der Waals surface area contributed by atoms with Gasteiger partial charge >= 0.3 is 0 Å². The minimum atomic E-state index is -3.41. The molecule has 0 spiro atoms. The van der Waals surface area contributed by atoms with Crippen molar-refractivity contribution in [3.63, 3.8) is 0 Å². The van der Waals surface area contributed by atoms with Gasteiger partial charge in [0.25, 0.3) is 0 Å². The number of anilines is 2. The molecule has 1 aliphatic rings. The highest BCUT2D eigenvalue weighted by molar-refractivity contribution is 7.92. The van der Waals surface area contributed by atoms with Crippen LogP contribution in [0.25, 0.3) is 0 Å². The lowest BCUT2D eigenvalue weighted by atomic mass is 9.85. The highest BCUT2D eigenvalue weighted by Gasteiger charge is 2.46. The van der Waals surface area contributed by atoms with E-state index in [0.29, 0.717) is 29.9 Å². The Balaban J connectivity index is 1.72. The van der Waals surface area contributed by atoms with Gasteiger partial charge in [0.1, 0.15) is 0 Å². The summed E-state index contributed by atoms with van der Waals surface area (Å²) in [6, 6.07) is 11.4. The van der Waals surface area contributed by atoms with Crippen molar-refractivity contribution in [2.75, 3.05) is 29.9 Å². The molecule has 1 amide bonds. The third-order valence-electron chi connectivity index (χ3n) is 5.10. The van der Waals surface area contributed by atoms with E-state index in [4.69, 9.17) is 4.74 Å². The normalized spacial score (nSPS) is 19.3. The first-order chi connectivity index (χ1) is 13.6. The summed E-state index contributed by atoms with van der Waals surface area (Å²) in [5.41, 5.74) is 0.501. The van der Waals surface area contributed by atoms with Crippen LogP contribution in [0.1, 0.15) is 18.9 Å². The van der Waals surface area contributed by atoms with Gasteiger partial charge in [-0.15, -0.1) is 0 Å². The average molecular weight is 421 g/mol. The number of ether oxygens (including phenoxy) is 1. The fraction of sp³-hybridized carbons (Fsp3) is 0.350. The van der Waals surface area contributed by atoms with Crippen molar-refractivity contribution in [3.05, 3.63) is 53.8 Å². The first-order valence-electron chi connectivity index (χ1n) is 9.08. The van der Waals surface area contributed by atoms with E-state index in [1.54, 1.807) is 42.5 Å². The molecule has 0 saturated carbocycles. The molecule has 0 aromatic heterocycles. The number of nitrogens with zero attached hydrogens (tertiary/aromatic N) is 1. The molecule has 0 aliphatic carbocycles. The molecular formula is C20H24FN3O4S. The van der Waals surface area contributed by atoms with Crippen molar-refractivity contribution in [3.8, 4) is 5.75 Å². The fourth-order valence-corrected chi connectivity index (χ4v) is 3.85. The van der Waals surface area contributed by atoms with E-state index in [1.807, 2.05) is 11.8 Å². The van der Waals surface area contributed by atoms with E-state index < -0.39 is 21.4 Å². The number of carbonyl (C=O) groups excluding carboxylic acids is 1. The Kier molecular flexibility index (Phi) is 5.81. The Morgan fingerprint density at radius 3 is 2.55 bits per heavy atom. The number of nitrogens with one attached hydrogen (secondary N) is 2. The highest BCUT2D eigenvalue weighted by atomic mass is 32.2. The van der Waals surface area contributed by atoms with E-state index >= 15 is 0 Å². The second-order valence-electron chi connectivity index (χ2n) is 7.29. The van der Waals surface area contributed by atoms with Crippen molar-refractivity contribution in [2.45, 2.75) is 25.4 Å². The molecule has 1 saturated heterocycles. The molecule has 0 bridgehead atoms. The number of sulfonamides is 1. The minimum Gasteiger partial charge on any atom is -0.494 e. The maximum absolute atomic E-state index is 14.5. The number of likely N-dealkylation sites (tertiary alicyclic amines) is 1. The van der Waals surface area contributed by atoms with Gasteiger partial charge in [-0.05, 0) is 37.6 Å². The number of amides is 1. The van der Waals surface area contributed by atoms with Gasteiger partial charge in [-0.1, -0.05) is 18.2 Å². The Morgan fingerprint density at radius 2 is 1.93 bits per heavy atom. The number of methoxy groups -OCH3 is 1. The second-order valence-corrected chi connectivity index (χ2v) is 9.04. The summed E-state index contributed by atoms with van der Waals surface area (Å²) in [7, 11) is -2.00. The van der Waals surface area contributed by atoms with Crippen molar-refractivity contribution < 1.29 is 22.3 Å². The third-order valence-corrected chi connectivity index (χ3v) is 5.71. The van der Waals surface area contributed by atoms with E-state index in [-0.39, 0.29) is 18.2 Å². The molecule has 1 aliphatic heterocycles. The largest absolute Gasteiger partial charge is 0.494 e. The third kappa shape index (κ3) is 4.68. The van der Waals surface area contributed by atoms with E-state index in [2.05, 4.69) is 10.0 Å². The summed E-state index contributed by atoms with van der Waals surface area (Å²) in [6.07, 6.45) is 1.69. The number of hydrogen-bond acceptors (Lipinski definition) is 5. The molecule has 2 aromatic carbocycles. The number of rotatable bonds is 7. The van der Waals surface area contributed by atoms with E-state index in [0.717, 1.165) is 6.26 Å². The number of hydrogen-bond donors (Lipinski definition) is 2. The van der Waals surface area contributed by atoms with Gasteiger partial charge in [0.05, 0.1) is 24.6 Å². The van der Waals surface area contributed by atoms with E-state index in [9.17, 15) is 17.6 Å². The van der Waals surface area contributed by atoms with Crippen LogP contribution in [0.15, 0.2) is 42.5 Å². The monoisotopic (exact) mass is 421 g/mol. The zero-order chi connectivity index (χ0) is 21.2. The lowest BCUT2D eigenvalue weighted by Gasteiger charge is -2.49. The number of carbonyl (C=O) groups is 1. The minimum absolute atomic E-state index is 0.171. The van der Waals surface area contributed by atoms with Gasteiger partial charge in [-0.3, -0.25) is 14.4 Å². The van der Waals surface area contributed by atoms with Gasteiger partial charge in [-0.25, -0.2) is 12.8 Å². The van der Waals surface area contributed by atoms with Gasteiger partial charge in [0.2, 0.25) is 15.9 Å². The lowest BCUT2D eigenvalue weighted by Crippen LogP contribution is -2.63. The van der Waals surface area contributed by atoms with Crippen LogP contribution >= 0.6 is 0 Å². The lowest BCUT2D eigenvalue weighted by molar-refractivity contribution is -0.136. The fourth-order valence-electron chi connectivity index (χ4n) is 3.30. The summed E-state index contributed by atoms with van der Waals surface area (Å²) in [5, 5.41) is 2.83. The van der Waals surface area contributed by atoms with Crippen LogP contribution in [0, 0.1) is 5.82 Å². The van der Waals surface area contributed by atoms with Crippen LogP contribution in [-0.2, 0) is 21.4 Å². The molecule has 2 N–H and O–H groups in total. The van der Waals surface area contributed by atoms with E-state index in [1.165, 1.54) is 7.11 Å². The Labute approximate surface area is 169 Å². The molecule has 2 aromatic rings. The SMILES string of the molecule is COc1cccc(CN2CCC2(C)C(=O)Nc2cccc(NS(C)(=O)=O)c2)c1F. The quantitative estimate of drug-likeness (QED) is 0.718. The van der Waals surface area contributed by atoms with Crippen LogP contribution in [0.4, 0.5) is 15.8 Å². The van der Waals surface area contributed by atoms with Crippen LogP contribution in [-0.4, -0.2) is 44.7 Å². The maximum atomic E-state index is 14.5. The molecule has 9 heteroatoms. The molecule has 29 heavy (non-hydrogen) atoms. The van der Waals surface area contributed by atoms with Crippen LogP contribution in [0.2, 0.25) is 0 Å². The molecule has 1 heterocycles. The zero-order valence-electron chi connectivity index (χ0n) is 16.5. The molecule has 0 radical (unpaired) electrons. The van der Waals surface area contributed by atoms with Crippen molar-refractivity contribution in [1.82, 2.24) is 4.90 Å². The van der Waals surface area contributed by atoms with Crippen molar-refractivity contribution >= 4 is 27.3 Å². The summed E-state index contributed by atoms with van der Waals surface area (Å²) in [5.74, 6) is -0.489. The van der Waals surface area contributed by atoms with Crippen molar-refractivity contribution in [2.24, 2.45) is 0 Å². The smallest absolute Gasteiger partial charge is 0.244 e. The number of halogens is 1. The molecule has 1 unspecified atom stereocenters. The van der Waals surface area contributed by atoms with Crippen LogP contribution < -0.4 is 14.8 Å². The molecule has 3 rings (SSSR count). The highest BCUT2D eigenvalue weighted by Crippen LogP contribution is 2.34. The van der Waals surface area contributed by atoms with Crippen molar-refractivity contribution in [1.29, 1.82) is 0 Å². The molecular weight excluding hydrogens is 397 g/mol. The van der Waals surface area contributed by atoms with Gasteiger partial charge in [0.15, 0.2) is 11.6 Å². The van der Waals surface area contributed by atoms with Crippen LogP contribution in [0.5, 0.6) is 5.75 Å². The first kappa shape index (κ1) is 21.1. The Hall–Kier alpha value is -2.65. The van der Waals surface area contributed by atoms with Crippen LogP contribution in [0.3, 0.4) is 0 Å². The summed E-state index contributed by atoms with van der Waals surface area (Å²) < 4.78 is 44.7. The maximum Gasteiger partial charge on any atom is 0.244 e. The zero-order valence-corrected chi connectivity index (χ0v) is 17.3. The first-order valence-corrected chi connectivity index (χ1v) is 11.0. The Morgan fingerprint density at radius 1 is 1.24 bits per heavy atom. The molecule has 7 nitrogen and oxygen atoms in total. The topological polar surface area (TPSA) is 87.7 Å². The molecule has 156 valence electrons. The predicted molar refractivity (Wildman–Crippen MR) is 110 cm³/mol. The average Bonchev–Trinajstić information content (AvgIpc) is 2.64. The summed E-state index contributed by atoms with van der Waals surface area (Å²) in [4.78, 5) is 14.8. The van der Waals surface area contributed by atoms with Gasteiger partial charge in [-0.2, -0.15) is 0 Å². The predicted octanol–water partition coefficient (Wildman–Crippen LogP) is 2.81. The molecule has 1 fully saturated rings. The number of benzene rings is 2. The molecule has 1 atom stereocenters. The summed E-state index contributed by atoms with van der Waals surface area (Å²) >= 11 is 0. The standard InChI is InChI=1S/C20H24FN3O4S/c1-20(10-11-24(20)13-14-6-4-9-17(28-2)18(14)21)19(25)22-15-7-5-8-16(12-15)23-29(3,26)27/h4-9,12,23H,10-11,13H2,1-3H3,(H,22,25). The Bertz CT molecular complexity index is 1030. The summed E-state index contributed by atoms with van der Waals surface area (Å²) in [6.45, 7) is 2.75. The second kappa shape index (κ2) is 8.00. The van der Waals surface area contributed by atoms with Gasteiger partial charge in [0, 0.05) is 24.3 Å².